The molecule has 20 heavy (non-hydrogen) atoms. The lowest BCUT2D eigenvalue weighted by Crippen LogP contribution is -2.32. The van der Waals surface area contributed by atoms with Crippen molar-refractivity contribution in [2.75, 3.05) is 0 Å². The Balaban J connectivity index is 2.07. The van der Waals surface area contributed by atoms with Crippen LogP contribution < -0.4 is 5.32 Å². The molecule has 3 nitrogen and oxygen atoms in total. The van der Waals surface area contributed by atoms with E-state index in [1.54, 1.807) is 18.0 Å². The predicted molar refractivity (Wildman–Crippen MR) is 81.9 cm³/mol. The number of rotatable bonds is 6. The highest BCUT2D eigenvalue weighted by Crippen LogP contribution is 2.26. The lowest BCUT2D eigenvalue weighted by molar-refractivity contribution is 0.0936. The molecule has 1 amide bonds. The summed E-state index contributed by atoms with van der Waals surface area (Å²) in [5.74, 6) is 1.62. The first kappa shape index (κ1) is 14.7. The van der Waals surface area contributed by atoms with Crippen molar-refractivity contribution in [3.8, 4) is 0 Å². The average Bonchev–Trinajstić information content (AvgIpc) is 2.98. The maximum atomic E-state index is 12.2. The molecule has 0 unspecified atom stereocenters. The van der Waals surface area contributed by atoms with Crippen LogP contribution in [0.1, 0.15) is 36.4 Å². The second-order valence-electron chi connectivity index (χ2n) is 4.65. The molecule has 106 valence electrons. The van der Waals surface area contributed by atoms with Gasteiger partial charge in [-0.1, -0.05) is 19.1 Å². The Morgan fingerprint density at radius 3 is 2.80 bits per heavy atom. The third-order valence-electron chi connectivity index (χ3n) is 3.07. The monoisotopic (exact) mass is 289 g/mol. The Labute approximate surface area is 123 Å². The summed E-state index contributed by atoms with van der Waals surface area (Å²) in [7, 11) is 0. The maximum Gasteiger partial charge on any atom is 0.252 e. The molecule has 0 spiro atoms. The number of thioether (sulfide) groups is 1. The minimum Gasteiger partial charge on any atom is -0.468 e. The second-order valence-corrected chi connectivity index (χ2v) is 5.66. The summed E-state index contributed by atoms with van der Waals surface area (Å²) >= 11 is 1.61. The van der Waals surface area contributed by atoms with Crippen molar-refractivity contribution in [2.45, 2.75) is 37.0 Å². The van der Waals surface area contributed by atoms with Crippen LogP contribution in [0.3, 0.4) is 0 Å². The zero-order chi connectivity index (χ0) is 14.4. The van der Waals surface area contributed by atoms with Gasteiger partial charge >= 0.3 is 0 Å². The molecule has 1 aromatic heterocycles. The molecule has 0 aliphatic heterocycles. The van der Waals surface area contributed by atoms with Gasteiger partial charge in [-0.05, 0) is 37.6 Å². The van der Waals surface area contributed by atoms with Crippen molar-refractivity contribution in [1.82, 2.24) is 5.32 Å². The molecular formula is C16H19NO2S. The first-order valence-corrected chi connectivity index (χ1v) is 7.74. The fourth-order valence-electron chi connectivity index (χ4n) is 1.73. The molecule has 0 bridgehead atoms. The highest BCUT2D eigenvalue weighted by Gasteiger charge is 2.13. The standard InChI is InChI=1S/C16H19NO2S/c1-3-12(2)17-16(18)14-8-4-5-9-15(14)20-11-13-7-6-10-19-13/h4-10,12H,3,11H2,1-2H3,(H,17,18)/t12-/m1/s1. The van der Waals surface area contributed by atoms with E-state index >= 15 is 0 Å². The van der Waals surface area contributed by atoms with Gasteiger partial charge in [-0.15, -0.1) is 11.8 Å². The SMILES string of the molecule is CC[C@@H](C)NC(=O)c1ccccc1SCc1ccco1. The molecule has 4 heteroatoms. The second kappa shape index (κ2) is 7.20. The molecule has 0 saturated carbocycles. The van der Waals surface area contributed by atoms with Crippen molar-refractivity contribution in [1.29, 1.82) is 0 Å². The molecule has 2 rings (SSSR count). The van der Waals surface area contributed by atoms with Crippen molar-refractivity contribution in [3.63, 3.8) is 0 Å². The van der Waals surface area contributed by atoms with Gasteiger partial charge in [-0.3, -0.25) is 4.79 Å². The summed E-state index contributed by atoms with van der Waals surface area (Å²) in [5, 5.41) is 3.00. The Bertz CT molecular complexity index is 551. The molecule has 2 aromatic rings. The van der Waals surface area contributed by atoms with Gasteiger partial charge in [-0.2, -0.15) is 0 Å². The van der Waals surface area contributed by atoms with Crippen LogP contribution in [0.4, 0.5) is 0 Å². The highest BCUT2D eigenvalue weighted by molar-refractivity contribution is 7.98. The van der Waals surface area contributed by atoms with E-state index in [2.05, 4.69) is 12.2 Å². The zero-order valence-corrected chi connectivity index (χ0v) is 12.6. The van der Waals surface area contributed by atoms with E-state index in [4.69, 9.17) is 4.42 Å². The van der Waals surface area contributed by atoms with Crippen molar-refractivity contribution < 1.29 is 9.21 Å². The molecule has 1 atom stereocenters. The lowest BCUT2D eigenvalue weighted by Gasteiger charge is -2.13. The van der Waals surface area contributed by atoms with Gasteiger partial charge in [0.05, 0.1) is 17.6 Å². The van der Waals surface area contributed by atoms with Crippen LogP contribution in [0.15, 0.2) is 52.0 Å². The largest absolute Gasteiger partial charge is 0.468 e. The molecule has 0 fully saturated rings. The quantitative estimate of drug-likeness (QED) is 0.814. The number of carbonyl (C=O) groups is 1. The molecule has 0 aliphatic carbocycles. The van der Waals surface area contributed by atoms with E-state index in [0.29, 0.717) is 0 Å². The molecule has 1 N–H and O–H groups in total. The minimum atomic E-state index is -0.0121. The van der Waals surface area contributed by atoms with Gasteiger partial charge in [0.1, 0.15) is 5.76 Å². The number of furan rings is 1. The highest BCUT2D eigenvalue weighted by atomic mass is 32.2. The topological polar surface area (TPSA) is 42.2 Å². The molecular weight excluding hydrogens is 270 g/mol. The Hall–Kier alpha value is -1.68. The number of hydrogen-bond acceptors (Lipinski definition) is 3. The zero-order valence-electron chi connectivity index (χ0n) is 11.8. The summed E-state index contributed by atoms with van der Waals surface area (Å²) in [6.07, 6.45) is 2.59. The number of benzene rings is 1. The first-order chi connectivity index (χ1) is 9.70. The third kappa shape index (κ3) is 3.90. The van der Waals surface area contributed by atoms with Crippen LogP contribution in [0.5, 0.6) is 0 Å². The molecule has 0 aliphatic rings. The number of amides is 1. The van der Waals surface area contributed by atoms with Gasteiger partial charge in [-0.25, -0.2) is 0 Å². The van der Waals surface area contributed by atoms with E-state index < -0.39 is 0 Å². The van der Waals surface area contributed by atoms with Crippen molar-refractivity contribution in [2.24, 2.45) is 0 Å². The third-order valence-corrected chi connectivity index (χ3v) is 4.17. The molecule has 0 saturated heterocycles. The number of carbonyl (C=O) groups excluding carboxylic acids is 1. The van der Waals surface area contributed by atoms with Gasteiger partial charge in [0.15, 0.2) is 0 Å². The fraction of sp³-hybridized carbons (Fsp3) is 0.312. The molecule has 1 heterocycles. The average molecular weight is 289 g/mol. The van der Waals surface area contributed by atoms with Crippen LogP contribution in [0, 0.1) is 0 Å². The summed E-state index contributed by atoms with van der Waals surface area (Å²) in [6, 6.07) is 11.7. The van der Waals surface area contributed by atoms with E-state index in [9.17, 15) is 4.79 Å². The number of hydrogen-bond donors (Lipinski definition) is 1. The summed E-state index contributed by atoms with van der Waals surface area (Å²) < 4.78 is 5.32. The van der Waals surface area contributed by atoms with E-state index in [-0.39, 0.29) is 11.9 Å². The van der Waals surface area contributed by atoms with E-state index in [0.717, 1.165) is 28.4 Å². The van der Waals surface area contributed by atoms with Gasteiger partial charge in [0.2, 0.25) is 0 Å². The van der Waals surface area contributed by atoms with Crippen molar-refractivity contribution in [3.05, 3.63) is 54.0 Å². The van der Waals surface area contributed by atoms with Crippen LogP contribution in [0.2, 0.25) is 0 Å². The van der Waals surface area contributed by atoms with Gasteiger partial charge in [0.25, 0.3) is 5.91 Å². The first-order valence-electron chi connectivity index (χ1n) is 6.75. The van der Waals surface area contributed by atoms with Crippen LogP contribution in [-0.2, 0) is 5.75 Å². The smallest absolute Gasteiger partial charge is 0.252 e. The van der Waals surface area contributed by atoms with Gasteiger partial charge < -0.3 is 9.73 Å². The fourth-order valence-corrected chi connectivity index (χ4v) is 2.68. The van der Waals surface area contributed by atoms with E-state index in [1.165, 1.54) is 0 Å². The maximum absolute atomic E-state index is 12.2. The van der Waals surface area contributed by atoms with Crippen LogP contribution in [-0.4, -0.2) is 11.9 Å². The minimum absolute atomic E-state index is 0.0121. The van der Waals surface area contributed by atoms with Crippen molar-refractivity contribution >= 4 is 17.7 Å². The Morgan fingerprint density at radius 2 is 2.10 bits per heavy atom. The summed E-state index contributed by atoms with van der Waals surface area (Å²) in [6.45, 7) is 4.07. The van der Waals surface area contributed by atoms with Crippen LogP contribution in [0.25, 0.3) is 0 Å². The molecule has 0 radical (unpaired) electrons. The summed E-state index contributed by atoms with van der Waals surface area (Å²) in [5.41, 5.74) is 0.726. The normalized spacial score (nSPS) is 12.1. The lowest BCUT2D eigenvalue weighted by atomic mass is 10.2. The van der Waals surface area contributed by atoms with Gasteiger partial charge in [0, 0.05) is 10.9 Å². The Kier molecular flexibility index (Phi) is 5.30. The summed E-state index contributed by atoms with van der Waals surface area (Å²) in [4.78, 5) is 13.2. The van der Waals surface area contributed by atoms with Crippen LogP contribution >= 0.6 is 11.8 Å². The number of nitrogens with one attached hydrogen (secondary N) is 1. The molecule has 1 aromatic carbocycles. The predicted octanol–water partition coefficient (Wildman–Crippen LogP) is 4.10. The Morgan fingerprint density at radius 1 is 1.30 bits per heavy atom. The van der Waals surface area contributed by atoms with E-state index in [1.807, 2.05) is 43.3 Å².